The molecule has 1 saturated carbocycles. The highest BCUT2D eigenvalue weighted by atomic mass is 32.1. The first kappa shape index (κ1) is 11.2. The number of hydrogen-bond donors (Lipinski definition) is 2. The van der Waals surface area contributed by atoms with Crippen LogP contribution in [0.2, 0.25) is 0 Å². The number of carbonyl (C=O) groups excluding carboxylic acids is 1. The summed E-state index contributed by atoms with van der Waals surface area (Å²) in [6.45, 7) is 1.85. The predicted molar refractivity (Wildman–Crippen MR) is 69.7 cm³/mol. The molecular formula is C11H13N5OS. The van der Waals surface area contributed by atoms with Gasteiger partial charge in [-0.2, -0.15) is 0 Å². The van der Waals surface area contributed by atoms with E-state index in [1.165, 1.54) is 11.3 Å². The van der Waals surface area contributed by atoms with Crippen LogP contribution in [0.3, 0.4) is 0 Å². The summed E-state index contributed by atoms with van der Waals surface area (Å²) >= 11 is 1.35. The van der Waals surface area contributed by atoms with Gasteiger partial charge in [-0.3, -0.25) is 10.1 Å². The standard InChI is InChI=1S/C11H13N5OS/c1-6-14-15-11(18-6)13-10(17)9-4-7(12)5-16(9)8-2-3-8/h4-5,8H,2-3,12H2,1H3,(H,13,15,17). The van der Waals surface area contributed by atoms with Crippen LogP contribution in [0.1, 0.15) is 34.4 Å². The summed E-state index contributed by atoms with van der Waals surface area (Å²) in [7, 11) is 0. The van der Waals surface area contributed by atoms with Crippen LogP contribution in [0.15, 0.2) is 12.3 Å². The van der Waals surface area contributed by atoms with Crippen LogP contribution < -0.4 is 11.1 Å². The molecule has 2 aromatic rings. The number of hydrogen-bond acceptors (Lipinski definition) is 5. The maximum absolute atomic E-state index is 12.1. The first-order valence-electron chi connectivity index (χ1n) is 5.72. The molecule has 94 valence electrons. The minimum Gasteiger partial charge on any atom is -0.397 e. The van der Waals surface area contributed by atoms with Crippen molar-refractivity contribution in [2.75, 3.05) is 11.1 Å². The molecule has 1 fully saturated rings. The van der Waals surface area contributed by atoms with Gasteiger partial charge in [0.1, 0.15) is 10.7 Å². The first-order valence-corrected chi connectivity index (χ1v) is 6.54. The van der Waals surface area contributed by atoms with Gasteiger partial charge in [-0.1, -0.05) is 11.3 Å². The minimum atomic E-state index is -0.185. The third kappa shape index (κ3) is 2.08. The maximum atomic E-state index is 12.1. The van der Waals surface area contributed by atoms with E-state index in [4.69, 9.17) is 5.73 Å². The van der Waals surface area contributed by atoms with E-state index < -0.39 is 0 Å². The normalized spacial score (nSPS) is 14.7. The van der Waals surface area contributed by atoms with Crippen LogP contribution in [0.4, 0.5) is 10.8 Å². The zero-order valence-corrected chi connectivity index (χ0v) is 10.7. The Balaban J connectivity index is 1.83. The molecular weight excluding hydrogens is 250 g/mol. The summed E-state index contributed by atoms with van der Waals surface area (Å²) in [5.41, 5.74) is 6.95. The lowest BCUT2D eigenvalue weighted by molar-refractivity contribution is 0.101. The second-order valence-electron chi connectivity index (χ2n) is 4.38. The van der Waals surface area contributed by atoms with Crippen molar-refractivity contribution in [3.63, 3.8) is 0 Å². The van der Waals surface area contributed by atoms with Crippen molar-refractivity contribution in [1.29, 1.82) is 0 Å². The van der Waals surface area contributed by atoms with Crippen LogP contribution in [-0.4, -0.2) is 20.7 Å². The molecule has 0 spiro atoms. The topological polar surface area (TPSA) is 85.8 Å². The molecule has 0 atom stereocenters. The smallest absolute Gasteiger partial charge is 0.274 e. The van der Waals surface area contributed by atoms with E-state index in [1.807, 2.05) is 17.7 Å². The lowest BCUT2D eigenvalue weighted by atomic mass is 10.4. The van der Waals surface area contributed by atoms with Gasteiger partial charge in [0.2, 0.25) is 5.13 Å². The number of amides is 1. The summed E-state index contributed by atoms with van der Waals surface area (Å²) in [5, 5.41) is 11.8. The zero-order valence-electron chi connectivity index (χ0n) is 9.88. The van der Waals surface area contributed by atoms with Crippen molar-refractivity contribution in [2.24, 2.45) is 0 Å². The zero-order chi connectivity index (χ0) is 12.7. The van der Waals surface area contributed by atoms with Crippen LogP contribution in [0, 0.1) is 6.92 Å². The van der Waals surface area contributed by atoms with Gasteiger partial charge in [-0.15, -0.1) is 10.2 Å². The first-order chi connectivity index (χ1) is 8.63. The van der Waals surface area contributed by atoms with E-state index in [2.05, 4.69) is 15.5 Å². The predicted octanol–water partition coefficient (Wildman–Crippen LogP) is 1.82. The molecule has 18 heavy (non-hydrogen) atoms. The summed E-state index contributed by atoms with van der Waals surface area (Å²) in [6.07, 6.45) is 4.02. The highest BCUT2D eigenvalue weighted by molar-refractivity contribution is 7.15. The molecule has 0 saturated heterocycles. The number of nitrogens with one attached hydrogen (secondary N) is 1. The Morgan fingerprint density at radius 3 is 2.94 bits per heavy atom. The average Bonchev–Trinajstić information content (AvgIpc) is 2.98. The molecule has 1 aliphatic carbocycles. The van der Waals surface area contributed by atoms with E-state index in [0.29, 0.717) is 22.6 Å². The summed E-state index contributed by atoms with van der Waals surface area (Å²) in [4.78, 5) is 12.1. The van der Waals surface area contributed by atoms with Crippen molar-refractivity contribution in [1.82, 2.24) is 14.8 Å². The lowest BCUT2D eigenvalue weighted by Crippen LogP contribution is -2.16. The van der Waals surface area contributed by atoms with Gasteiger partial charge in [0, 0.05) is 12.2 Å². The van der Waals surface area contributed by atoms with E-state index in [0.717, 1.165) is 17.8 Å². The van der Waals surface area contributed by atoms with E-state index in [9.17, 15) is 4.79 Å². The Hall–Kier alpha value is -1.89. The van der Waals surface area contributed by atoms with Gasteiger partial charge in [-0.05, 0) is 25.8 Å². The minimum absolute atomic E-state index is 0.185. The van der Waals surface area contributed by atoms with E-state index in [-0.39, 0.29) is 5.91 Å². The molecule has 3 N–H and O–H groups in total. The van der Waals surface area contributed by atoms with Gasteiger partial charge < -0.3 is 10.3 Å². The summed E-state index contributed by atoms with van der Waals surface area (Å²) in [5.74, 6) is -0.185. The molecule has 6 nitrogen and oxygen atoms in total. The fourth-order valence-electron chi connectivity index (χ4n) is 1.85. The number of aryl methyl sites for hydroxylation is 1. The van der Waals surface area contributed by atoms with Gasteiger partial charge in [-0.25, -0.2) is 0 Å². The molecule has 0 radical (unpaired) electrons. The number of nitrogens with two attached hydrogens (primary N) is 1. The second-order valence-corrected chi connectivity index (χ2v) is 5.56. The molecule has 3 rings (SSSR count). The van der Waals surface area contributed by atoms with Crippen LogP contribution in [-0.2, 0) is 0 Å². The van der Waals surface area contributed by atoms with Gasteiger partial charge >= 0.3 is 0 Å². The number of aromatic nitrogens is 3. The second kappa shape index (κ2) is 4.09. The van der Waals surface area contributed by atoms with E-state index >= 15 is 0 Å². The molecule has 2 heterocycles. The summed E-state index contributed by atoms with van der Waals surface area (Å²) < 4.78 is 1.94. The quantitative estimate of drug-likeness (QED) is 0.884. The number of rotatable bonds is 3. The van der Waals surface area contributed by atoms with Gasteiger partial charge in [0.05, 0.1) is 5.69 Å². The van der Waals surface area contributed by atoms with Crippen molar-refractivity contribution in [3.05, 3.63) is 23.0 Å². The van der Waals surface area contributed by atoms with Crippen LogP contribution >= 0.6 is 11.3 Å². The molecule has 0 aromatic carbocycles. The van der Waals surface area contributed by atoms with Crippen LogP contribution in [0.25, 0.3) is 0 Å². The number of nitrogens with zero attached hydrogens (tertiary/aromatic N) is 3. The molecule has 0 unspecified atom stereocenters. The van der Waals surface area contributed by atoms with Crippen molar-refractivity contribution in [3.8, 4) is 0 Å². The molecule has 7 heteroatoms. The Morgan fingerprint density at radius 2 is 2.33 bits per heavy atom. The largest absolute Gasteiger partial charge is 0.397 e. The molecule has 1 aliphatic rings. The Kier molecular flexibility index (Phi) is 2.55. The SMILES string of the molecule is Cc1nnc(NC(=O)c2cc(N)cn2C2CC2)s1. The van der Waals surface area contributed by atoms with Crippen molar-refractivity contribution >= 4 is 28.1 Å². The Morgan fingerprint density at radius 1 is 1.56 bits per heavy atom. The fourth-order valence-corrected chi connectivity index (χ4v) is 2.43. The highest BCUT2D eigenvalue weighted by Gasteiger charge is 2.28. The Bertz CT molecular complexity index is 598. The molecule has 0 bridgehead atoms. The van der Waals surface area contributed by atoms with Gasteiger partial charge in [0.25, 0.3) is 5.91 Å². The third-order valence-corrected chi connectivity index (χ3v) is 3.54. The fraction of sp³-hybridized carbons (Fsp3) is 0.364. The maximum Gasteiger partial charge on any atom is 0.274 e. The third-order valence-electron chi connectivity index (χ3n) is 2.79. The number of anilines is 2. The Labute approximate surface area is 108 Å². The van der Waals surface area contributed by atoms with Gasteiger partial charge in [0.15, 0.2) is 0 Å². The molecule has 0 aliphatic heterocycles. The average molecular weight is 263 g/mol. The highest BCUT2D eigenvalue weighted by Crippen LogP contribution is 2.37. The number of nitrogen functional groups attached to an aromatic ring is 1. The van der Waals surface area contributed by atoms with E-state index in [1.54, 1.807) is 6.07 Å². The van der Waals surface area contributed by atoms with Crippen LogP contribution in [0.5, 0.6) is 0 Å². The van der Waals surface area contributed by atoms with Crippen molar-refractivity contribution in [2.45, 2.75) is 25.8 Å². The number of carbonyl (C=O) groups is 1. The monoisotopic (exact) mass is 263 g/mol. The van der Waals surface area contributed by atoms with Crippen molar-refractivity contribution < 1.29 is 4.79 Å². The molecule has 1 amide bonds. The summed E-state index contributed by atoms with van der Waals surface area (Å²) in [6, 6.07) is 2.11. The lowest BCUT2D eigenvalue weighted by Gasteiger charge is -2.06. The molecule has 2 aromatic heterocycles.